The SMILES string of the molecule is COc1ccc(C(C)NCc2ccccc2C#N)cc1F. The van der Waals surface area contributed by atoms with E-state index in [1.165, 1.54) is 13.2 Å². The summed E-state index contributed by atoms with van der Waals surface area (Å²) >= 11 is 0. The summed E-state index contributed by atoms with van der Waals surface area (Å²) in [5.41, 5.74) is 2.42. The van der Waals surface area contributed by atoms with Gasteiger partial charge in [0, 0.05) is 12.6 Å². The molecule has 0 amide bonds. The molecule has 0 fully saturated rings. The zero-order valence-corrected chi connectivity index (χ0v) is 12.1. The molecular weight excluding hydrogens is 267 g/mol. The van der Waals surface area contributed by atoms with Crippen molar-refractivity contribution in [2.45, 2.75) is 19.5 Å². The third-order valence-corrected chi connectivity index (χ3v) is 3.41. The monoisotopic (exact) mass is 284 g/mol. The molecular formula is C17H17FN2O. The fourth-order valence-electron chi connectivity index (χ4n) is 2.12. The minimum atomic E-state index is -0.374. The first-order chi connectivity index (χ1) is 10.2. The highest BCUT2D eigenvalue weighted by molar-refractivity contribution is 5.37. The summed E-state index contributed by atoms with van der Waals surface area (Å²) < 4.78 is 18.6. The molecule has 2 aromatic carbocycles. The van der Waals surface area contributed by atoms with Gasteiger partial charge >= 0.3 is 0 Å². The zero-order chi connectivity index (χ0) is 15.2. The lowest BCUT2D eigenvalue weighted by molar-refractivity contribution is 0.385. The lowest BCUT2D eigenvalue weighted by Gasteiger charge is -2.15. The summed E-state index contributed by atoms with van der Waals surface area (Å²) in [6, 6.07) is 14.5. The number of benzene rings is 2. The molecule has 2 aromatic rings. The molecule has 0 aliphatic heterocycles. The van der Waals surface area contributed by atoms with Crippen molar-refractivity contribution in [1.82, 2.24) is 5.32 Å². The van der Waals surface area contributed by atoms with Crippen molar-refractivity contribution in [1.29, 1.82) is 5.26 Å². The van der Waals surface area contributed by atoms with E-state index < -0.39 is 0 Å². The fourth-order valence-corrected chi connectivity index (χ4v) is 2.12. The third-order valence-electron chi connectivity index (χ3n) is 3.41. The number of rotatable bonds is 5. The highest BCUT2D eigenvalue weighted by Crippen LogP contribution is 2.22. The summed E-state index contributed by atoms with van der Waals surface area (Å²) in [4.78, 5) is 0. The number of ether oxygens (including phenoxy) is 1. The number of methoxy groups -OCH3 is 1. The second-order valence-corrected chi connectivity index (χ2v) is 4.77. The Morgan fingerprint density at radius 2 is 2.05 bits per heavy atom. The van der Waals surface area contributed by atoms with E-state index in [9.17, 15) is 4.39 Å². The average Bonchev–Trinajstić information content (AvgIpc) is 2.52. The van der Waals surface area contributed by atoms with E-state index in [-0.39, 0.29) is 17.6 Å². The van der Waals surface area contributed by atoms with Crippen LogP contribution in [0.25, 0.3) is 0 Å². The third kappa shape index (κ3) is 3.59. The van der Waals surface area contributed by atoms with E-state index in [0.717, 1.165) is 11.1 Å². The molecule has 0 radical (unpaired) electrons. The van der Waals surface area contributed by atoms with Gasteiger partial charge in [-0.05, 0) is 36.2 Å². The number of hydrogen-bond donors (Lipinski definition) is 1. The molecule has 1 N–H and O–H groups in total. The van der Waals surface area contributed by atoms with Crippen molar-refractivity contribution in [3.63, 3.8) is 0 Å². The number of hydrogen-bond acceptors (Lipinski definition) is 3. The van der Waals surface area contributed by atoms with Gasteiger partial charge in [-0.2, -0.15) is 5.26 Å². The van der Waals surface area contributed by atoms with Crippen LogP contribution < -0.4 is 10.1 Å². The van der Waals surface area contributed by atoms with Gasteiger partial charge in [0.15, 0.2) is 11.6 Å². The molecule has 4 heteroatoms. The van der Waals surface area contributed by atoms with Crippen LogP contribution in [0.4, 0.5) is 4.39 Å². The van der Waals surface area contributed by atoms with E-state index in [0.29, 0.717) is 12.1 Å². The van der Waals surface area contributed by atoms with E-state index >= 15 is 0 Å². The summed E-state index contributed by atoms with van der Waals surface area (Å²) in [6.07, 6.45) is 0. The average molecular weight is 284 g/mol. The predicted molar refractivity (Wildman–Crippen MR) is 79.4 cm³/mol. The summed E-state index contributed by atoms with van der Waals surface area (Å²) in [7, 11) is 1.44. The molecule has 0 spiro atoms. The zero-order valence-electron chi connectivity index (χ0n) is 12.1. The van der Waals surface area contributed by atoms with Crippen molar-refractivity contribution < 1.29 is 9.13 Å². The molecule has 0 aliphatic rings. The molecule has 1 unspecified atom stereocenters. The summed E-state index contributed by atoms with van der Waals surface area (Å²) in [5.74, 6) is -0.137. The van der Waals surface area contributed by atoms with Crippen LogP contribution in [-0.4, -0.2) is 7.11 Å². The Labute approximate surface area is 124 Å². The van der Waals surface area contributed by atoms with E-state index in [2.05, 4.69) is 11.4 Å². The van der Waals surface area contributed by atoms with Crippen molar-refractivity contribution in [3.8, 4) is 11.8 Å². The number of halogens is 1. The Morgan fingerprint density at radius 3 is 2.71 bits per heavy atom. The maximum atomic E-state index is 13.7. The highest BCUT2D eigenvalue weighted by Gasteiger charge is 2.10. The normalized spacial score (nSPS) is 11.7. The maximum absolute atomic E-state index is 13.7. The smallest absolute Gasteiger partial charge is 0.165 e. The Balaban J connectivity index is 2.07. The number of nitriles is 1. The van der Waals surface area contributed by atoms with Gasteiger partial charge < -0.3 is 10.1 Å². The molecule has 108 valence electrons. The van der Waals surface area contributed by atoms with Crippen molar-refractivity contribution in [2.75, 3.05) is 7.11 Å². The van der Waals surface area contributed by atoms with E-state index in [1.807, 2.05) is 31.2 Å². The van der Waals surface area contributed by atoms with Gasteiger partial charge in [0.1, 0.15) is 0 Å². The molecule has 0 aromatic heterocycles. The lowest BCUT2D eigenvalue weighted by Crippen LogP contribution is -2.18. The second-order valence-electron chi connectivity index (χ2n) is 4.77. The first kappa shape index (κ1) is 15.0. The molecule has 0 heterocycles. The van der Waals surface area contributed by atoms with Crippen LogP contribution in [-0.2, 0) is 6.54 Å². The molecule has 2 rings (SSSR count). The van der Waals surface area contributed by atoms with Crippen molar-refractivity contribution in [3.05, 3.63) is 65.0 Å². The van der Waals surface area contributed by atoms with Crippen molar-refractivity contribution in [2.24, 2.45) is 0 Å². The van der Waals surface area contributed by atoms with Gasteiger partial charge in [-0.3, -0.25) is 0 Å². The van der Waals surface area contributed by atoms with Gasteiger partial charge in [-0.25, -0.2) is 4.39 Å². The minimum Gasteiger partial charge on any atom is -0.494 e. The van der Waals surface area contributed by atoms with Crippen LogP contribution in [0.15, 0.2) is 42.5 Å². The Hall–Kier alpha value is -2.38. The molecule has 0 saturated heterocycles. The van der Waals surface area contributed by atoms with Crippen LogP contribution in [0.5, 0.6) is 5.75 Å². The Morgan fingerprint density at radius 1 is 1.29 bits per heavy atom. The van der Waals surface area contributed by atoms with Gasteiger partial charge in [0.25, 0.3) is 0 Å². The Kier molecular flexibility index (Phi) is 4.91. The van der Waals surface area contributed by atoms with E-state index in [4.69, 9.17) is 10.00 Å². The van der Waals surface area contributed by atoms with Gasteiger partial charge in [0.05, 0.1) is 18.7 Å². The summed E-state index contributed by atoms with van der Waals surface area (Å²) in [6.45, 7) is 2.51. The lowest BCUT2D eigenvalue weighted by atomic mass is 10.1. The standard InChI is InChI=1S/C17H17FN2O/c1-12(13-7-8-17(21-2)16(18)9-13)20-11-15-6-4-3-5-14(15)10-19/h3-9,12,20H,11H2,1-2H3. The molecule has 0 aliphatic carbocycles. The van der Waals surface area contributed by atoms with Gasteiger partial charge in [-0.1, -0.05) is 24.3 Å². The molecule has 3 nitrogen and oxygen atoms in total. The number of nitrogens with one attached hydrogen (secondary N) is 1. The Bertz CT molecular complexity index is 664. The van der Waals surface area contributed by atoms with Crippen molar-refractivity contribution >= 4 is 0 Å². The van der Waals surface area contributed by atoms with E-state index in [1.54, 1.807) is 12.1 Å². The first-order valence-corrected chi connectivity index (χ1v) is 6.70. The molecule has 0 saturated carbocycles. The van der Waals surface area contributed by atoms with Crippen LogP contribution in [0, 0.1) is 17.1 Å². The van der Waals surface area contributed by atoms with Crippen LogP contribution in [0.2, 0.25) is 0 Å². The topological polar surface area (TPSA) is 45.0 Å². The van der Waals surface area contributed by atoms with Gasteiger partial charge in [-0.15, -0.1) is 0 Å². The van der Waals surface area contributed by atoms with Crippen LogP contribution in [0.3, 0.4) is 0 Å². The van der Waals surface area contributed by atoms with Gasteiger partial charge in [0.2, 0.25) is 0 Å². The summed E-state index contributed by atoms with van der Waals surface area (Å²) in [5, 5.41) is 12.3. The van der Waals surface area contributed by atoms with Crippen LogP contribution >= 0.6 is 0 Å². The number of nitrogens with zero attached hydrogens (tertiary/aromatic N) is 1. The maximum Gasteiger partial charge on any atom is 0.165 e. The quantitative estimate of drug-likeness (QED) is 0.913. The molecule has 0 bridgehead atoms. The van der Waals surface area contributed by atoms with Crippen LogP contribution in [0.1, 0.15) is 29.7 Å². The highest BCUT2D eigenvalue weighted by atomic mass is 19.1. The minimum absolute atomic E-state index is 0.0304. The molecule has 1 atom stereocenters. The molecule has 21 heavy (non-hydrogen) atoms. The second kappa shape index (κ2) is 6.87. The predicted octanol–water partition coefficient (Wildman–Crippen LogP) is 3.56. The largest absolute Gasteiger partial charge is 0.494 e. The fraction of sp³-hybridized carbons (Fsp3) is 0.235. The first-order valence-electron chi connectivity index (χ1n) is 6.70.